The Bertz CT molecular complexity index is 1150. The number of ether oxygens (including phenoxy) is 1. The van der Waals surface area contributed by atoms with Gasteiger partial charge in [-0.2, -0.15) is 0 Å². The second kappa shape index (κ2) is 7.50. The van der Waals surface area contributed by atoms with E-state index in [-0.39, 0.29) is 44.9 Å². The number of hydrogen-bond donors (Lipinski definition) is 0. The van der Waals surface area contributed by atoms with Crippen LogP contribution in [0.4, 0.5) is 0 Å². The van der Waals surface area contributed by atoms with E-state index in [0.717, 1.165) is 57.1 Å². The van der Waals surface area contributed by atoms with Crippen molar-refractivity contribution in [3.8, 4) is 0 Å². The highest BCUT2D eigenvalue weighted by molar-refractivity contribution is 5.86. The van der Waals surface area contributed by atoms with Crippen molar-refractivity contribution in [1.29, 1.82) is 0 Å². The Balaban J connectivity index is 1.46. The average molecular weight is 510 g/mol. The summed E-state index contributed by atoms with van der Waals surface area (Å²) in [6.45, 7) is 16.7. The number of carbonyl (C=O) groups is 2. The molecule has 4 unspecified atom stereocenters. The summed E-state index contributed by atoms with van der Waals surface area (Å²) < 4.78 is 11.3. The Kier molecular flexibility index (Phi) is 5.20. The maximum absolute atomic E-state index is 14.5. The predicted molar refractivity (Wildman–Crippen MR) is 142 cm³/mol. The van der Waals surface area contributed by atoms with E-state index in [1.54, 1.807) is 0 Å². The summed E-state index contributed by atoms with van der Waals surface area (Å²) in [6.07, 6.45) is 10.4. The van der Waals surface area contributed by atoms with Gasteiger partial charge in [0.2, 0.25) is 0 Å². The van der Waals surface area contributed by atoms with Gasteiger partial charge in [-0.3, -0.25) is 9.59 Å². The molecule has 0 spiro atoms. The molecule has 5 nitrogen and oxygen atoms in total. The summed E-state index contributed by atoms with van der Waals surface area (Å²) in [7, 11) is 1.54. The van der Waals surface area contributed by atoms with Crippen LogP contribution in [0.15, 0.2) is 10.7 Å². The van der Waals surface area contributed by atoms with E-state index < -0.39 is 5.41 Å². The van der Waals surface area contributed by atoms with E-state index in [9.17, 15) is 9.59 Å². The van der Waals surface area contributed by atoms with Crippen molar-refractivity contribution in [1.82, 2.24) is 5.16 Å². The number of nitrogens with zero attached hydrogens (tertiary/aromatic N) is 1. The van der Waals surface area contributed by atoms with Crippen molar-refractivity contribution in [2.45, 2.75) is 112 Å². The summed E-state index contributed by atoms with van der Waals surface area (Å²) in [6, 6.07) is 0. The van der Waals surface area contributed by atoms with Gasteiger partial charge in [0.05, 0.1) is 18.7 Å². The third-order valence-electron chi connectivity index (χ3n) is 13.5. The molecule has 0 aromatic carbocycles. The lowest BCUT2D eigenvalue weighted by Crippen LogP contribution is -2.69. The summed E-state index contributed by atoms with van der Waals surface area (Å²) in [5.41, 5.74) is 0.720. The zero-order valence-corrected chi connectivity index (χ0v) is 24.3. The minimum Gasteiger partial charge on any atom is -0.469 e. The maximum atomic E-state index is 14.5. The second-order valence-corrected chi connectivity index (χ2v) is 15.8. The normalized spacial score (nSPS) is 47.5. The van der Waals surface area contributed by atoms with E-state index in [2.05, 4.69) is 53.6 Å². The lowest BCUT2D eigenvalue weighted by atomic mass is 9.31. The van der Waals surface area contributed by atoms with E-state index in [1.165, 1.54) is 12.7 Å². The Morgan fingerprint density at radius 1 is 0.973 bits per heavy atom. The minimum atomic E-state index is -0.501. The van der Waals surface area contributed by atoms with Crippen LogP contribution in [0.25, 0.3) is 0 Å². The van der Waals surface area contributed by atoms with Crippen molar-refractivity contribution in [3.05, 3.63) is 17.5 Å². The molecule has 5 aliphatic rings. The van der Waals surface area contributed by atoms with Gasteiger partial charge in [-0.05, 0) is 90.8 Å². The first-order chi connectivity index (χ1) is 17.2. The SMILES string of the molecule is COC(=O)[C@]12CCC(C)(C)CC1C1C(=O)CC3[C@@]4(C)Cc5cnoc5C(C)(C)C4CC[C@@]3(C)[C@]1(C)CC2. The first-order valence-electron chi connectivity index (χ1n) is 14.7. The first-order valence-corrected chi connectivity index (χ1v) is 14.7. The Morgan fingerprint density at radius 3 is 2.38 bits per heavy atom. The monoisotopic (exact) mass is 509 g/mol. The number of rotatable bonds is 1. The van der Waals surface area contributed by atoms with Crippen LogP contribution in [0.3, 0.4) is 0 Å². The molecule has 5 heteroatoms. The van der Waals surface area contributed by atoms with Gasteiger partial charge >= 0.3 is 5.97 Å². The second-order valence-electron chi connectivity index (χ2n) is 15.8. The summed E-state index contributed by atoms with van der Waals surface area (Å²) >= 11 is 0. The number of hydrogen-bond acceptors (Lipinski definition) is 5. The van der Waals surface area contributed by atoms with Crippen molar-refractivity contribution in [3.63, 3.8) is 0 Å². The van der Waals surface area contributed by atoms with Crippen LogP contribution in [0.2, 0.25) is 0 Å². The summed E-state index contributed by atoms with van der Waals surface area (Å²) in [5, 5.41) is 4.21. The molecule has 5 aliphatic carbocycles. The number of methoxy groups -OCH3 is 1. The Labute approximate surface area is 222 Å². The molecular weight excluding hydrogens is 462 g/mol. The highest BCUT2D eigenvalue weighted by Crippen LogP contribution is 2.76. The van der Waals surface area contributed by atoms with Crippen molar-refractivity contribution >= 4 is 11.8 Å². The fraction of sp³-hybridized carbons (Fsp3) is 0.844. The molecule has 4 saturated carbocycles. The molecule has 0 radical (unpaired) electrons. The largest absolute Gasteiger partial charge is 0.469 e. The molecule has 1 aromatic rings. The van der Waals surface area contributed by atoms with Gasteiger partial charge in [-0.15, -0.1) is 0 Å². The lowest BCUT2D eigenvalue weighted by Gasteiger charge is -2.72. The number of esters is 1. The molecule has 1 heterocycles. The van der Waals surface area contributed by atoms with Crippen molar-refractivity contribution in [2.75, 3.05) is 7.11 Å². The van der Waals surface area contributed by atoms with Crippen LogP contribution >= 0.6 is 0 Å². The first kappa shape index (κ1) is 25.6. The van der Waals surface area contributed by atoms with Gasteiger partial charge in [-0.1, -0.05) is 53.6 Å². The molecule has 204 valence electrons. The number of carbonyl (C=O) groups excluding carboxylic acids is 2. The molecule has 8 atom stereocenters. The molecular formula is C32H47NO4. The highest BCUT2D eigenvalue weighted by atomic mass is 16.5. The van der Waals surface area contributed by atoms with Crippen molar-refractivity contribution in [2.24, 2.45) is 50.7 Å². The maximum Gasteiger partial charge on any atom is 0.312 e. The van der Waals surface area contributed by atoms with Crippen LogP contribution in [-0.2, 0) is 26.2 Å². The molecule has 6 rings (SSSR count). The van der Waals surface area contributed by atoms with E-state index in [4.69, 9.17) is 9.26 Å². The smallest absolute Gasteiger partial charge is 0.312 e. The van der Waals surface area contributed by atoms with E-state index in [1.807, 2.05) is 6.20 Å². The van der Waals surface area contributed by atoms with Gasteiger partial charge < -0.3 is 9.26 Å². The zero-order valence-electron chi connectivity index (χ0n) is 24.3. The molecule has 0 aliphatic heterocycles. The lowest BCUT2D eigenvalue weighted by molar-refractivity contribution is -0.231. The molecule has 0 saturated heterocycles. The average Bonchev–Trinajstić information content (AvgIpc) is 3.28. The molecule has 37 heavy (non-hydrogen) atoms. The van der Waals surface area contributed by atoms with Gasteiger partial charge in [0.25, 0.3) is 0 Å². The van der Waals surface area contributed by atoms with Crippen LogP contribution in [-0.4, -0.2) is 24.0 Å². The predicted octanol–water partition coefficient (Wildman–Crippen LogP) is 6.92. The van der Waals surface area contributed by atoms with Crippen molar-refractivity contribution < 1.29 is 18.8 Å². The van der Waals surface area contributed by atoms with E-state index in [0.29, 0.717) is 24.0 Å². The standard InChI is InChI=1S/C32H47NO4/c1-27(2)11-13-32(26(35)36-8)14-12-31(7)24(20(32)17-27)21(34)15-23-29(5)16-19-18-33-37-25(19)28(3,4)22(29)9-10-30(23,31)6/h18,20,22-24H,9-17H2,1-8H3/t20?,22?,23?,24?,29-,30+,31+,32-/m0/s1. The summed E-state index contributed by atoms with van der Waals surface area (Å²) in [4.78, 5) is 28.0. The van der Waals surface area contributed by atoms with Gasteiger partial charge in [0.15, 0.2) is 0 Å². The molecule has 0 amide bonds. The fourth-order valence-corrected chi connectivity index (χ4v) is 11.6. The molecule has 0 bridgehead atoms. The zero-order chi connectivity index (χ0) is 26.8. The van der Waals surface area contributed by atoms with Crippen LogP contribution in [0, 0.1) is 50.7 Å². The summed E-state index contributed by atoms with van der Waals surface area (Å²) in [5.74, 6) is 2.18. The third-order valence-corrected chi connectivity index (χ3v) is 13.5. The number of aromatic nitrogens is 1. The van der Waals surface area contributed by atoms with Crippen LogP contribution in [0.5, 0.6) is 0 Å². The Morgan fingerprint density at radius 2 is 1.68 bits per heavy atom. The molecule has 0 N–H and O–H groups in total. The number of ketones is 1. The van der Waals surface area contributed by atoms with E-state index >= 15 is 0 Å². The van der Waals surface area contributed by atoms with Crippen LogP contribution in [0.1, 0.15) is 111 Å². The quantitative estimate of drug-likeness (QED) is 0.384. The minimum absolute atomic E-state index is 0.0153. The fourth-order valence-electron chi connectivity index (χ4n) is 11.6. The van der Waals surface area contributed by atoms with Gasteiger partial charge in [-0.25, -0.2) is 0 Å². The Hall–Kier alpha value is -1.65. The molecule has 4 fully saturated rings. The van der Waals surface area contributed by atoms with Gasteiger partial charge in [0.1, 0.15) is 11.5 Å². The highest BCUT2D eigenvalue weighted by Gasteiger charge is 2.73. The number of fused-ring (bicyclic) bond motifs is 8. The molecule has 1 aromatic heterocycles. The van der Waals surface area contributed by atoms with Crippen LogP contribution < -0.4 is 0 Å². The topological polar surface area (TPSA) is 69.4 Å². The third kappa shape index (κ3) is 3.01. The number of Topliss-reactive ketones (excluding diaryl/α,β-unsaturated/α-hetero) is 1. The van der Waals surface area contributed by atoms with Gasteiger partial charge in [0, 0.05) is 23.3 Å².